The van der Waals surface area contributed by atoms with E-state index in [1.54, 1.807) is 0 Å². The van der Waals surface area contributed by atoms with E-state index in [0.29, 0.717) is 0 Å². The molecule has 0 unspecified atom stereocenters. The second-order valence-corrected chi connectivity index (χ2v) is 0. The van der Waals surface area contributed by atoms with Crippen molar-refractivity contribution in [1.29, 1.82) is 0 Å². The zero-order chi connectivity index (χ0) is 0. The molecular weight excluding hydrogens is 119 g/mol. The second-order valence-electron chi connectivity index (χ2n) is 0. The van der Waals surface area contributed by atoms with Crippen LogP contribution in [0.25, 0.3) is 0 Å². The molecule has 0 bridgehead atoms. The zero-order valence-corrected chi connectivity index (χ0v) is 6.57. The third kappa shape index (κ3) is 51.9. The van der Waals surface area contributed by atoms with Crippen LogP contribution in [0, 0.1) is 0 Å². The van der Waals surface area contributed by atoms with Gasteiger partial charge in [0.1, 0.15) is 0 Å². The van der Waals surface area contributed by atoms with E-state index < -0.39 is 0 Å². The normalized spacial score (nSPS) is 0. The summed E-state index contributed by atoms with van der Waals surface area (Å²) in [6.07, 6.45) is 0. The molecule has 0 aromatic heterocycles. The summed E-state index contributed by atoms with van der Waals surface area (Å²) in [5, 5.41) is 0. The van der Waals surface area contributed by atoms with Crippen LogP contribution in [0.15, 0.2) is 0 Å². The van der Waals surface area contributed by atoms with Gasteiger partial charge in [-0.1, -0.05) is 0 Å². The average molecular weight is 128 g/mol. The molecule has 0 radical (unpaired) electrons. The van der Waals surface area contributed by atoms with E-state index in [4.69, 9.17) is 0 Å². The van der Waals surface area contributed by atoms with Crippen molar-refractivity contribution < 1.29 is 78.8 Å². The quantitative estimate of drug-likeness (QED) is 0.292. The summed E-state index contributed by atoms with van der Waals surface area (Å²) in [6.45, 7) is 0. The first-order valence-electron chi connectivity index (χ1n) is 0. The van der Waals surface area contributed by atoms with Crippen molar-refractivity contribution in [2.75, 3.05) is 0 Å². The molecule has 0 rings (SSSR count). The third-order valence-corrected chi connectivity index (χ3v) is 0. The van der Waals surface area contributed by atoms with Crippen molar-refractivity contribution >= 4 is 0 Å². The largest absolute Gasteiger partial charge is 1.00 e. The third-order valence-electron chi connectivity index (χ3n) is 0. The first-order valence-corrected chi connectivity index (χ1v) is 0. The van der Waals surface area contributed by atoms with Gasteiger partial charge in [-0.25, -0.2) is 0 Å². The molecule has 0 spiro atoms. The van der Waals surface area contributed by atoms with Crippen molar-refractivity contribution in [3.8, 4) is 0 Å². The Balaban J connectivity index is 0. The molecule has 0 aliphatic carbocycles. The molecule has 0 fully saturated rings. The summed E-state index contributed by atoms with van der Waals surface area (Å²) >= 11 is 0. The Kier molecular flexibility index (Phi) is 2290. The Bertz CT molecular complexity index is 3.90. The Morgan fingerprint density at radius 1 is 0.500 bits per heavy atom. The molecule has 0 saturated carbocycles. The molecule has 0 heterocycles. The van der Waals surface area contributed by atoms with Crippen LogP contribution in [-0.2, 0) is 0 Å². The van der Waals surface area contributed by atoms with E-state index >= 15 is 0 Å². The van der Waals surface area contributed by atoms with Gasteiger partial charge in [0.15, 0.2) is 0 Å². The molecular formula is H9KO5. The van der Waals surface area contributed by atoms with Crippen molar-refractivity contribution in [2.24, 2.45) is 0 Å². The smallest absolute Gasteiger partial charge is 0.870 e. The molecule has 0 aliphatic heterocycles. The molecule has 6 heavy (non-hydrogen) atoms. The minimum Gasteiger partial charge on any atom is -0.870 e. The Morgan fingerprint density at radius 3 is 0.500 bits per heavy atom. The topological polar surface area (TPSA) is 156 Å². The summed E-state index contributed by atoms with van der Waals surface area (Å²) in [7, 11) is 0. The van der Waals surface area contributed by atoms with Crippen LogP contribution in [0.5, 0.6) is 0 Å². The van der Waals surface area contributed by atoms with E-state index in [1.165, 1.54) is 0 Å². The molecule has 0 saturated heterocycles. The first kappa shape index (κ1) is 149. The van der Waals surface area contributed by atoms with Gasteiger partial charge >= 0.3 is 51.4 Å². The maximum atomic E-state index is 0. The van der Waals surface area contributed by atoms with E-state index in [2.05, 4.69) is 0 Å². The van der Waals surface area contributed by atoms with Crippen molar-refractivity contribution in [2.45, 2.75) is 0 Å². The van der Waals surface area contributed by atoms with Crippen LogP contribution < -0.4 is 51.4 Å². The number of hydrogen-bond acceptors (Lipinski definition) is 1. The standard InChI is InChI=1S/K.5H2O/h;5*1H2/q+1;;;;;/p-1. The van der Waals surface area contributed by atoms with Gasteiger partial charge in [0.05, 0.1) is 0 Å². The average Bonchev–Trinajstić information content (AvgIpc) is 0. The molecule has 0 atom stereocenters. The van der Waals surface area contributed by atoms with Crippen LogP contribution >= 0.6 is 0 Å². The van der Waals surface area contributed by atoms with Gasteiger partial charge in [0, 0.05) is 0 Å². The Morgan fingerprint density at radius 2 is 0.500 bits per heavy atom. The van der Waals surface area contributed by atoms with Crippen LogP contribution in [0.2, 0.25) is 0 Å². The summed E-state index contributed by atoms with van der Waals surface area (Å²) in [5.41, 5.74) is 0. The summed E-state index contributed by atoms with van der Waals surface area (Å²) in [6, 6.07) is 0. The van der Waals surface area contributed by atoms with Crippen molar-refractivity contribution in [3.63, 3.8) is 0 Å². The van der Waals surface area contributed by atoms with Crippen LogP contribution in [0.1, 0.15) is 0 Å². The van der Waals surface area contributed by atoms with E-state index in [-0.39, 0.29) is 78.8 Å². The maximum Gasteiger partial charge on any atom is 1.00 e. The van der Waals surface area contributed by atoms with E-state index in [1.807, 2.05) is 0 Å². The van der Waals surface area contributed by atoms with E-state index in [9.17, 15) is 0 Å². The molecule has 0 aromatic rings. The maximum absolute atomic E-state index is 0. The van der Waals surface area contributed by atoms with Crippen LogP contribution in [-0.4, -0.2) is 27.4 Å². The van der Waals surface area contributed by atoms with Crippen molar-refractivity contribution in [1.82, 2.24) is 0 Å². The Hall–Kier alpha value is 1.44. The zero-order valence-electron chi connectivity index (χ0n) is 3.45. The first-order chi connectivity index (χ1) is 0. The van der Waals surface area contributed by atoms with Crippen LogP contribution in [0.3, 0.4) is 0 Å². The second kappa shape index (κ2) is 92.2. The minimum absolute atomic E-state index is 0. The van der Waals surface area contributed by atoms with Gasteiger partial charge in [0.25, 0.3) is 0 Å². The van der Waals surface area contributed by atoms with Gasteiger partial charge in [-0.2, -0.15) is 0 Å². The number of rotatable bonds is 0. The molecule has 40 valence electrons. The fraction of sp³-hybridized carbons (Fsp3) is 0. The summed E-state index contributed by atoms with van der Waals surface area (Å²) in [4.78, 5) is 0. The minimum atomic E-state index is 0. The molecule has 0 aliphatic rings. The van der Waals surface area contributed by atoms with E-state index in [0.717, 1.165) is 0 Å². The fourth-order valence-electron chi connectivity index (χ4n) is 0. The molecule has 9 N–H and O–H groups in total. The molecule has 5 nitrogen and oxygen atoms in total. The Labute approximate surface area is 77.7 Å². The molecule has 6 heteroatoms. The number of hydrogen-bond donors (Lipinski definition) is 0. The van der Waals surface area contributed by atoms with Gasteiger partial charge in [-0.15, -0.1) is 0 Å². The monoisotopic (exact) mass is 128 g/mol. The van der Waals surface area contributed by atoms with Gasteiger partial charge < -0.3 is 27.4 Å². The SMILES string of the molecule is O.O.O.O.[K+].[OH-]. The fourth-order valence-corrected chi connectivity index (χ4v) is 0. The van der Waals surface area contributed by atoms with Gasteiger partial charge in [-0.3, -0.25) is 0 Å². The van der Waals surface area contributed by atoms with Crippen molar-refractivity contribution in [3.05, 3.63) is 0 Å². The predicted molar refractivity (Wildman–Crippen MR) is 16.4 cm³/mol. The predicted octanol–water partition coefficient (Wildman–Crippen LogP) is -6.47. The molecule has 0 amide bonds. The summed E-state index contributed by atoms with van der Waals surface area (Å²) < 4.78 is 0. The van der Waals surface area contributed by atoms with Gasteiger partial charge in [-0.05, 0) is 0 Å². The molecule has 0 aromatic carbocycles. The summed E-state index contributed by atoms with van der Waals surface area (Å²) in [5.74, 6) is 0. The van der Waals surface area contributed by atoms with Crippen LogP contribution in [0.4, 0.5) is 0 Å². The van der Waals surface area contributed by atoms with Gasteiger partial charge in [0.2, 0.25) is 0 Å².